The van der Waals surface area contributed by atoms with Gasteiger partial charge in [-0.3, -0.25) is 18.7 Å². The Bertz CT molecular complexity index is 1340. The Balaban J connectivity index is 2.05. The fourth-order valence-corrected chi connectivity index (χ4v) is 4.63. The number of carbonyl (C=O) groups is 2. The van der Waals surface area contributed by atoms with Crippen LogP contribution in [0.4, 0.5) is 8.78 Å². The van der Waals surface area contributed by atoms with Gasteiger partial charge in [0.2, 0.25) is 5.91 Å². The number of ether oxygens (including phenoxy) is 1. The molecule has 0 spiro atoms. The average molecular weight is 558 g/mol. The third kappa shape index (κ3) is 6.38. The predicted molar refractivity (Wildman–Crippen MR) is 135 cm³/mol. The van der Waals surface area contributed by atoms with Gasteiger partial charge in [0.1, 0.15) is 0 Å². The minimum atomic E-state index is -2.93. The lowest BCUT2D eigenvalue weighted by Crippen LogP contribution is -2.49. The number of fused-ring (bicyclic) bond motifs is 1. The van der Waals surface area contributed by atoms with Gasteiger partial charge in [0.05, 0.1) is 5.41 Å². The van der Waals surface area contributed by atoms with Crippen LogP contribution in [-0.2, 0) is 23.4 Å². The fraction of sp³-hybridized carbons (Fsp3) is 0.250. The quantitative estimate of drug-likeness (QED) is 0.211. The Labute approximate surface area is 216 Å². The van der Waals surface area contributed by atoms with E-state index in [1.807, 2.05) is 0 Å². The van der Waals surface area contributed by atoms with Gasteiger partial charge in [-0.15, -0.1) is 11.3 Å². The molecular formula is C24H23ClF2NO6PS. The third-order valence-electron chi connectivity index (χ3n) is 5.02. The van der Waals surface area contributed by atoms with Gasteiger partial charge in [0, 0.05) is 15.9 Å². The van der Waals surface area contributed by atoms with Crippen LogP contribution >= 0.6 is 31.6 Å². The second-order valence-electron chi connectivity index (χ2n) is 8.76. The maximum absolute atomic E-state index is 13.5. The van der Waals surface area contributed by atoms with Crippen LogP contribution in [0.25, 0.3) is 16.2 Å². The van der Waals surface area contributed by atoms with Crippen molar-refractivity contribution in [1.29, 1.82) is 0 Å². The zero-order valence-corrected chi connectivity index (χ0v) is 22.1. The van der Waals surface area contributed by atoms with Crippen molar-refractivity contribution in [3.63, 3.8) is 0 Å². The van der Waals surface area contributed by atoms with Crippen LogP contribution in [0.1, 0.15) is 37.8 Å². The van der Waals surface area contributed by atoms with E-state index in [1.165, 1.54) is 44.3 Å². The van der Waals surface area contributed by atoms with Crippen LogP contribution in [0.2, 0.25) is 5.02 Å². The summed E-state index contributed by atoms with van der Waals surface area (Å²) < 4.78 is 49.1. The molecule has 2 N–H and O–H groups in total. The molecule has 2 aromatic carbocycles. The Morgan fingerprint density at radius 1 is 1.17 bits per heavy atom. The number of thiophene rings is 1. The monoisotopic (exact) mass is 557 g/mol. The molecule has 0 aliphatic rings. The number of esters is 1. The van der Waals surface area contributed by atoms with E-state index in [0.29, 0.717) is 15.1 Å². The van der Waals surface area contributed by atoms with Gasteiger partial charge in [-0.2, -0.15) is 0 Å². The first-order chi connectivity index (χ1) is 16.9. The minimum absolute atomic E-state index is 0.202. The highest BCUT2D eigenvalue weighted by molar-refractivity contribution is 7.17. The first-order valence-corrected chi connectivity index (χ1v) is 12.7. The number of amides is 1. The Hall–Kier alpha value is -2.62. The van der Waals surface area contributed by atoms with Gasteiger partial charge < -0.3 is 15.2 Å². The number of rotatable bonds is 8. The Morgan fingerprint density at radius 2 is 1.89 bits per heavy atom. The summed E-state index contributed by atoms with van der Waals surface area (Å²) in [6.45, 7) is 4.58. The summed E-state index contributed by atoms with van der Waals surface area (Å²) in [6.07, 6.45) is 2.43. The zero-order valence-electron chi connectivity index (χ0n) is 19.4. The molecule has 0 saturated carbocycles. The smallest absolute Gasteiger partial charge is 0.348 e. The van der Waals surface area contributed by atoms with Crippen molar-refractivity contribution in [2.45, 2.75) is 32.7 Å². The topological polar surface area (TPSA) is 102 Å². The van der Waals surface area contributed by atoms with Crippen LogP contribution in [-0.4, -0.2) is 23.0 Å². The van der Waals surface area contributed by atoms with Gasteiger partial charge in [-0.1, -0.05) is 17.7 Å². The molecule has 1 aromatic heterocycles. The van der Waals surface area contributed by atoms with E-state index in [9.17, 15) is 28.0 Å². The minimum Gasteiger partial charge on any atom is -0.406 e. The van der Waals surface area contributed by atoms with Crippen molar-refractivity contribution in [2.75, 3.05) is 0 Å². The maximum atomic E-state index is 13.5. The largest absolute Gasteiger partial charge is 0.406 e. The molecule has 0 fully saturated rings. The SMILES string of the molecule is CC(C)(C)C(=O)OC(O)(O[PH2]=O)C(C(=O)NC=Cc1ccc(F)c(F)c1)c1csc2ccc(Cl)cc12. The molecule has 0 bridgehead atoms. The van der Waals surface area contributed by atoms with Crippen LogP contribution in [0.15, 0.2) is 48.0 Å². The summed E-state index contributed by atoms with van der Waals surface area (Å²) in [5.74, 6) is -8.54. The number of halogens is 3. The summed E-state index contributed by atoms with van der Waals surface area (Å²) in [5, 5.41) is 16.1. The maximum Gasteiger partial charge on any atom is 0.348 e. The lowest BCUT2D eigenvalue weighted by molar-refractivity contribution is -0.310. The number of carbonyl (C=O) groups excluding carboxylic acids is 2. The van der Waals surface area contributed by atoms with E-state index in [4.69, 9.17) is 20.9 Å². The molecule has 0 aliphatic heterocycles. The summed E-state index contributed by atoms with van der Waals surface area (Å²) in [5.41, 5.74) is -0.648. The number of hydrogen-bond acceptors (Lipinski definition) is 7. The van der Waals surface area contributed by atoms with Crippen molar-refractivity contribution in [3.8, 4) is 0 Å². The zero-order chi connectivity index (χ0) is 26.7. The first-order valence-electron chi connectivity index (χ1n) is 10.5. The standard InChI is InChI=1S/C24H23ClF2NO6PS/c1-23(2,3)22(30)33-24(31,34-35-32)20(16-12-36-19-7-5-14(25)11-15(16)19)21(29)28-9-8-13-4-6-17(26)18(27)10-13/h4-12,20,31H,35H2,1-3H3,(H,28,29). The Kier molecular flexibility index (Phi) is 8.69. The first kappa shape index (κ1) is 28.0. The molecule has 0 aliphatic carbocycles. The van der Waals surface area contributed by atoms with Gasteiger partial charge in [-0.05, 0) is 79.1 Å². The van der Waals surface area contributed by atoms with Crippen molar-refractivity contribution < 1.29 is 37.3 Å². The lowest BCUT2D eigenvalue weighted by Gasteiger charge is -2.34. The Morgan fingerprint density at radius 3 is 2.53 bits per heavy atom. The van der Waals surface area contributed by atoms with Crippen molar-refractivity contribution in [3.05, 3.63) is 75.8 Å². The molecule has 1 heterocycles. The van der Waals surface area contributed by atoms with Gasteiger partial charge >= 0.3 is 11.9 Å². The highest BCUT2D eigenvalue weighted by Gasteiger charge is 2.50. The van der Waals surface area contributed by atoms with E-state index in [1.54, 1.807) is 23.6 Å². The highest BCUT2D eigenvalue weighted by Crippen LogP contribution is 2.41. The molecule has 36 heavy (non-hydrogen) atoms. The van der Waals surface area contributed by atoms with Gasteiger partial charge in [0.15, 0.2) is 26.2 Å². The average Bonchev–Trinajstić information content (AvgIpc) is 3.18. The molecule has 192 valence electrons. The number of benzene rings is 2. The molecule has 3 rings (SSSR count). The lowest BCUT2D eigenvalue weighted by atomic mass is 9.93. The molecule has 0 saturated heterocycles. The molecule has 3 unspecified atom stereocenters. The van der Waals surface area contributed by atoms with E-state index in [-0.39, 0.29) is 11.1 Å². The normalized spacial score (nSPS) is 14.9. The number of hydrogen-bond donors (Lipinski definition) is 2. The van der Waals surface area contributed by atoms with E-state index < -0.39 is 49.5 Å². The van der Waals surface area contributed by atoms with Crippen LogP contribution in [0.3, 0.4) is 0 Å². The van der Waals surface area contributed by atoms with Crippen molar-refractivity contribution in [2.24, 2.45) is 5.41 Å². The van der Waals surface area contributed by atoms with E-state index >= 15 is 0 Å². The summed E-state index contributed by atoms with van der Waals surface area (Å²) in [7, 11) is -2.12. The molecule has 3 aromatic rings. The second-order valence-corrected chi connectivity index (χ2v) is 10.5. The van der Waals surface area contributed by atoms with Crippen LogP contribution in [0.5, 0.6) is 0 Å². The molecule has 0 radical (unpaired) electrons. The number of aliphatic hydroxyl groups is 1. The van der Waals surface area contributed by atoms with Gasteiger partial charge in [0.25, 0.3) is 0 Å². The fourth-order valence-electron chi connectivity index (χ4n) is 3.17. The molecule has 12 heteroatoms. The van der Waals surface area contributed by atoms with E-state index in [2.05, 4.69) is 5.32 Å². The predicted octanol–water partition coefficient (Wildman–Crippen LogP) is 5.63. The van der Waals surface area contributed by atoms with Crippen molar-refractivity contribution >= 4 is 59.7 Å². The third-order valence-corrected chi connectivity index (χ3v) is 6.67. The molecule has 7 nitrogen and oxygen atoms in total. The van der Waals surface area contributed by atoms with Crippen molar-refractivity contribution in [1.82, 2.24) is 5.32 Å². The molecular weight excluding hydrogens is 535 g/mol. The second kappa shape index (κ2) is 11.2. The van der Waals surface area contributed by atoms with Gasteiger partial charge in [-0.25, -0.2) is 8.78 Å². The molecule has 3 atom stereocenters. The highest BCUT2D eigenvalue weighted by atomic mass is 35.5. The summed E-state index contributed by atoms with van der Waals surface area (Å²) in [6, 6.07) is 8.07. The number of nitrogens with one attached hydrogen (secondary N) is 1. The van der Waals surface area contributed by atoms with Crippen LogP contribution in [0, 0.1) is 17.0 Å². The summed E-state index contributed by atoms with van der Waals surface area (Å²) in [4.78, 5) is 26.0. The molecule has 1 amide bonds. The summed E-state index contributed by atoms with van der Waals surface area (Å²) >= 11 is 7.38. The van der Waals surface area contributed by atoms with E-state index in [0.717, 1.165) is 18.3 Å². The van der Waals surface area contributed by atoms with Crippen LogP contribution < -0.4 is 5.32 Å².